The summed E-state index contributed by atoms with van der Waals surface area (Å²) < 4.78 is 12.9. The van der Waals surface area contributed by atoms with Crippen molar-refractivity contribution in [3.63, 3.8) is 0 Å². The molecular weight excluding hydrogens is 229 g/mol. The molecule has 0 aliphatic carbocycles. The van der Waals surface area contributed by atoms with Gasteiger partial charge < -0.3 is 5.32 Å². The first kappa shape index (κ1) is 10.8. The fourth-order valence-electron chi connectivity index (χ4n) is 1.23. The van der Waals surface area contributed by atoms with E-state index in [0.717, 1.165) is 5.56 Å². The van der Waals surface area contributed by atoms with Crippen LogP contribution in [0, 0.1) is 5.82 Å². The number of rotatable bonds is 3. The number of hydrogen-bond donors (Lipinski definition) is 1. The third-order valence-corrected chi connectivity index (χ3v) is 2.16. The van der Waals surface area contributed by atoms with Gasteiger partial charge in [0.25, 0.3) is 0 Å². The Hall–Kier alpha value is -1.68. The maximum absolute atomic E-state index is 12.9. The van der Waals surface area contributed by atoms with Crippen LogP contribution >= 0.6 is 11.6 Å². The van der Waals surface area contributed by atoms with Crippen LogP contribution in [0.4, 0.5) is 10.3 Å². The first-order chi connectivity index (χ1) is 7.74. The SMILES string of the molecule is Fc1cccc(CNc2ncc(Cl)cn2)c1. The number of anilines is 1. The Balaban J connectivity index is 1.99. The van der Waals surface area contributed by atoms with Crippen molar-refractivity contribution in [1.82, 2.24) is 9.97 Å². The summed E-state index contributed by atoms with van der Waals surface area (Å²) in [6.07, 6.45) is 3.00. The number of benzene rings is 1. The first-order valence-electron chi connectivity index (χ1n) is 4.70. The van der Waals surface area contributed by atoms with Crippen molar-refractivity contribution in [3.8, 4) is 0 Å². The molecule has 1 heterocycles. The molecule has 2 aromatic rings. The van der Waals surface area contributed by atoms with Gasteiger partial charge in [0.1, 0.15) is 5.82 Å². The van der Waals surface area contributed by atoms with Gasteiger partial charge in [-0.1, -0.05) is 23.7 Å². The Morgan fingerprint density at radius 1 is 1.25 bits per heavy atom. The summed E-state index contributed by atoms with van der Waals surface area (Å²) in [7, 11) is 0. The van der Waals surface area contributed by atoms with Crippen LogP contribution < -0.4 is 5.32 Å². The van der Waals surface area contributed by atoms with E-state index in [0.29, 0.717) is 17.5 Å². The molecule has 1 N–H and O–H groups in total. The molecule has 0 aliphatic heterocycles. The monoisotopic (exact) mass is 237 g/mol. The molecule has 5 heteroatoms. The van der Waals surface area contributed by atoms with Crippen LogP contribution in [0.2, 0.25) is 5.02 Å². The molecule has 0 fully saturated rings. The van der Waals surface area contributed by atoms with Crippen molar-refractivity contribution in [2.24, 2.45) is 0 Å². The second-order valence-corrected chi connectivity index (χ2v) is 3.64. The van der Waals surface area contributed by atoms with Gasteiger partial charge in [0.05, 0.1) is 17.4 Å². The van der Waals surface area contributed by atoms with E-state index < -0.39 is 0 Å². The fourth-order valence-corrected chi connectivity index (χ4v) is 1.33. The molecule has 0 spiro atoms. The minimum atomic E-state index is -0.253. The highest BCUT2D eigenvalue weighted by Crippen LogP contribution is 2.08. The van der Waals surface area contributed by atoms with Gasteiger partial charge in [0.2, 0.25) is 5.95 Å². The molecule has 1 aromatic carbocycles. The molecule has 2 rings (SSSR count). The van der Waals surface area contributed by atoms with E-state index >= 15 is 0 Å². The predicted molar refractivity (Wildman–Crippen MR) is 60.8 cm³/mol. The predicted octanol–water partition coefficient (Wildman–Crippen LogP) is 2.88. The van der Waals surface area contributed by atoms with Crippen molar-refractivity contribution in [2.45, 2.75) is 6.54 Å². The van der Waals surface area contributed by atoms with Crippen LogP contribution in [0.1, 0.15) is 5.56 Å². The summed E-state index contributed by atoms with van der Waals surface area (Å²) in [4.78, 5) is 7.94. The molecule has 0 aliphatic rings. The van der Waals surface area contributed by atoms with E-state index in [1.165, 1.54) is 24.5 Å². The van der Waals surface area contributed by atoms with Crippen molar-refractivity contribution in [2.75, 3.05) is 5.32 Å². The normalized spacial score (nSPS) is 10.1. The standard InChI is InChI=1S/C11H9ClFN3/c12-9-6-15-11(16-7-9)14-5-8-2-1-3-10(13)4-8/h1-4,6-7H,5H2,(H,14,15,16). The highest BCUT2D eigenvalue weighted by Gasteiger charge is 1.97. The van der Waals surface area contributed by atoms with Gasteiger partial charge in [-0.05, 0) is 17.7 Å². The van der Waals surface area contributed by atoms with Crippen LogP contribution in [-0.4, -0.2) is 9.97 Å². The summed E-state index contributed by atoms with van der Waals surface area (Å²) in [6.45, 7) is 0.472. The zero-order chi connectivity index (χ0) is 11.4. The summed E-state index contributed by atoms with van der Waals surface area (Å²) >= 11 is 5.65. The van der Waals surface area contributed by atoms with Crippen LogP contribution in [0.3, 0.4) is 0 Å². The molecule has 0 unspecified atom stereocenters. The lowest BCUT2D eigenvalue weighted by atomic mass is 10.2. The quantitative estimate of drug-likeness (QED) is 0.892. The van der Waals surface area contributed by atoms with Gasteiger partial charge in [0, 0.05) is 6.54 Å². The molecule has 3 nitrogen and oxygen atoms in total. The lowest BCUT2D eigenvalue weighted by Crippen LogP contribution is -2.03. The molecule has 0 bridgehead atoms. The lowest BCUT2D eigenvalue weighted by molar-refractivity contribution is 0.626. The molecule has 0 saturated carbocycles. The van der Waals surface area contributed by atoms with Crippen molar-refractivity contribution < 1.29 is 4.39 Å². The molecule has 0 radical (unpaired) electrons. The smallest absolute Gasteiger partial charge is 0.222 e. The molecule has 0 amide bonds. The van der Waals surface area contributed by atoms with Crippen molar-refractivity contribution in [3.05, 3.63) is 53.1 Å². The Morgan fingerprint density at radius 3 is 2.69 bits per heavy atom. The second-order valence-electron chi connectivity index (χ2n) is 3.21. The average molecular weight is 238 g/mol. The van der Waals surface area contributed by atoms with E-state index in [1.807, 2.05) is 6.07 Å². The molecule has 1 aromatic heterocycles. The fraction of sp³-hybridized carbons (Fsp3) is 0.0909. The Kier molecular flexibility index (Phi) is 3.31. The number of nitrogens with zero attached hydrogens (tertiary/aromatic N) is 2. The van der Waals surface area contributed by atoms with Crippen LogP contribution in [0.5, 0.6) is 0 Å². The largest absolute Gasteiger partial charge is 0.350 e. The van der Waals surface area contributed by atoms with Gasteiger partial charge in [-0.2, -0.15) is 0 Å². The molecular formula is C11H9ClFN3. The van der Waals surface area contributed by atoms with E-state index in [1.54, 1.807) is 6.07 Å². The number of nitrogens with one attached hydrogen (secondary N) is 1. The zero-order valence-electron chi connectivity index (χ0n) is 8.32. The maximum Gasteiger partial charge on any atom is 0.222 e. The summed E-state index contributed by atoms with van der Waals surface area (Å²) in [6, 6.07) is 6.35. The third-order valence-electron chi connectivity index (χ3n) is 1.96. The van der Waals surface area contributed by atoms with Gasteiger partial charge >= 0.3 is 0 Å². The van der Waals surface area contributed by atoms with Gasteiger partial charge in [-0.3, -0.25) is 0 Å². The average Bonchev–Trinajstić information content (AvgIpc) is 2.28. The number of aromatic nitrogens is 2. The zero-order valence-corrected chi connectivity index (χ0v) is 9.08. The Bertz CT molecular complexity index is 473. The van der Waals surface area contributed by atoms with Crippen LogP contribution in [0.15, 0.2) is 36.7 Å². The van der Waals surface area contributed by atoms with Crippen molar-refractivity contribution in [1.29, 1.82) is 0 Å². The minimum Gasteiger partial charge on any atom is -0.350 e. The second kappa shape index (κ2) is 4.90. The van der Waals surface area contributed by atoms with E-state index in [9.17, 15) is 4.39 Å². The van der Waals surface area contributed by atoms with Crippen LogP contribution in [0.25, 0.3) is 0 Å². The molecule has 16 heavy (non-hydrogen) atoms. The summed E-state index contributed by atoms with van der Waals surface area (Å²) in [5, 5.41) is 3.45. The van der Waals surface area contributed by atoms with Crippen molar-refractivity contribution >= 4 is 17.5 Å². The van der Waals surface area contributed by atoms with Gasteiger partial charge in [-0.15, -0.1) is 0 Å². The topological polar surface area (TPSA) is 37.8 Å². The molecule has 0 saturated heterocycles. The molecule has 0 atom stereocenters. The summed E-state index contributed by atoms with van der Waals surface area (Å²) in [5.74, 6) is 0.213. The number of hydrogen-bond acceptors (Lipinski definition) is 3. The minimum absolute atomic E-state index is 0.253. The first-order valence-corrected chi connectivity index (χ1v) is 5.08. The highest BCUT2D eigenvalue weighted by atomic mass is 35.5. The lowest BCUT2D eigenvalue weighted by Gasteiger charge is -2.04. The third kappa shape index (κ3) is 2.90. The van der Waals surface area contributed by atoms with E-state index in [2.05, 4.69) is 15.3 Å². The Labute approximate surface area is 97.3 Å². The molecule has 82 valence electrons. The van der Waals surface area contributed by atoms with E-state index in [-0.39, 0.29) is 5.82 Å². The van der Waals surface area contributed by atoms with E-state index in [4.69, 9.17) is 11.6 Å². The van der Waals surface area contributed by atoms with Gasteiger partial charge in [0.15, 0.2) is 0 Å². The maximum atomic E-state index is 12.9. The summed E-state index contributed by atoms with van der Waals surface area (Å²) in [5.41, 5.74) is 0.832. The Morgan fingerprint density at radius 2 is 2.00 bits per heavy atom. The highest BCUT2D eigenvalue weighted by molar-refractivity contribution is 6.30. The number of halogens is 2. The van der Waals surface area contributed by atoms with Crippen LogP contribution in [-0.2, 0) is 6.54 Å². The van der Waals surface area contributed by atoms with Gasteiger partial charge in [-0.25, -0.2) is 14.4 Å².